The minimum absolute atomic E-state index is 0. The third-order valence-corrected chi connectivity index (χ3v) is 5.93. The summed E-state index contributed by atoms with van der Waals surface area (Å²) in [6.45, 7) is 3.57. The van der Waals surface area contributed by atoms with Crippen molar-refractivity contribution in [3.05, 3.63) is 11.1 Å². The molecule has 0 amide bonds. The average molecular weight is 431 g/mol. The molecule has 0 aliphatic heterocycles. The fourth-order valence-corrected chi connectivity index (χ4v) is 4.13. The quantitative estimate of drug-likeness (QED) is 0.147. The van der Waals surface area contributed by atoms with Crippen LogP contribution in [0, 0.1) is 0 Å². The van der Waals surface area contributed by atoms with Gasteiger partial charge in [0, 0.05) is 5.57 Å². The summed E-state index contributed by atoms with van der Waals surface area (Å²) in [5, 5.41) is 16.9. The van der Waals surface area contributed by atoms with Gasteiger partial charge in [0.05, 0.1) is 5.57 Å². The molecule has 0 aromatic heterocycles. The molecule has 160 valence electrons. The van der Waals surface area contributed by atoms with Crippen molar-refractivity contribution in [3.63, 3.8) is 0 Å². The number of carboxylic acids is 2. The minimum atomic E-state index is -4.69. The molecule has 0 heterocycles. The molecule has 0 aromatic carbocycles. The van der Waals surface area contributed by atoms with Crippen molar-refractivity contribution in [2.24, 2.45) is 0 Å². The number of unbranched alkanes of at least 4 members (excludes halogenated alkanes) is 9. The zero-order valence-corrected chi connectivity index (χ0v) is 17.3. The number of carbonyl (C=O) groups is 2. The van der Waals surface area contributed by atoms with Gasteiger partial charge in [0.25, 0.3) is 10.1 Å². The van der Waals surface area contributed by atoms with Crippen LogP contribution in [0.5, 0.6) is 0 Å². The van der Waals surface area contributed by atoms with Crippen LogP contribution in [0.4, 0.5) is 0 Å². The number of aliphatic carboxylic acids is 2. The molecule has 0 bridgehead atoms. The SMILES string of the molecule is CCCCCCCCCCCCC(C(=O)O)=C(C(=O)O)C(CC)S(=O)(=O)O.[NaH]. The first kappa shape index (κ1) is 29.8. The molecule has 0 aliphatic rings. The summed E-state index contributed by atoms with van der Waals surface area (Å²) >= 11 is 0. The monoisotopic (exact) mass is 430 g/mol. The first-order valence-electron chi connectivity index (χ1n) is 9.82. The maximum atomic E-state index is 11.5. The van der Waals surface area contributed by atoms with Crippen LogP contribution in [0.3, 0.4) is 0 Å². The Morgan fingerprint density at radius 2 is 1.21 bits per heavy atom. The summed E-state index contributed by atoms with van der Waals surface area (Å²) in [4.78, 5) is 23.0. The number of rotatable bonds is 16. The molecule has 0 rings (SSSR count). The zero-order chi connectivity index (χ0) is 20.9. The fourth-order valence-electron chi connectivity index (χ4n) is 3.17. The van der Waals surface area contributed by atoms with Crippen LogP contribution in [0.15, 0.2) is 11.1 Å². The Morgan fingerprint density at radius 3 is 1.54 bits per heavy atom. The molecule has 0 spiro atoms. The Hall–Kier alpha value is -0.410. The van der Waals surface area contributed by atoms with E-state index in [1.165, 1.54) is 39.0 Å². The second kappa shape index (κ2) is 16.4. The molecule has 1 unspecified atom stereocenters. The van der Waals surface area contributed by atoms with Gasteiger partial charge < -0.3 is 10.2 Å². The van der Waals surface area contributed by atoms with Crippen molar-refractivity contribution >= 4 is 51.6 Å². The first-order chi connectivity index (χ1) is 12.7. The van der Waals surface area contributed by atoms with Crippen LogP contribution in [0.25, 0.3) is 0 Å². The Kier molecular flexibility index (Phi) is 17.4. The van der Waals surface area contributed by atoms with Gasteiger partial charge in [-0.15, -0.1) is 0 Å². The summed E-state index contributed by atoms with van der Waals surface area (Å²) < 4.78 is 32.1. The van der Waals surface area contributed by atoms with Crippen LogP contribution in [-0.2, 0) is 19.7 Å². The Balaban J connectivity index is 0. The maximum absolute atomic E-state index is 11.5. The van der Waals surface area contributed by atoms with E-state index in [9.17, 15) is 32.8 Å². The van der Waals surface area contributed by atoms with E-state index in [2.05, 4.69) is 6.92 Å². The van der Waals surface area contributed by atoms with Crippen molar-refractivity contribution in [3.8, 4) is 0 Å². The van der Waals surface area contributed by atoms with Gasteiger partial charge in [-0.05, 0) is 19.3 Å². The molecule has 0 saturated heterocycles. The zero-order valence-electron chi connectivity index (χ0n) is 16.4. The predicted octanol–water partition coefficient (Wildman–Crippen LogP) is 3.78. The van der Waals surface area contributed by atoms with Crippen molar-refractivity contribution in [2.75, 3.05) is 0 Å². The third-order valence-electron chi connectivity index (χ3n) is 4.65. The van der Waals surface area contributed by atoms with Gasteiger partial charge in [-0.1, -0.05) is 71.6 Å². The van der Waals surface area contributed by atoms with E-state index in [1.807, 2.05) is 0 Å². The molecule has 9 heteroatoms. The third kappa shape index (κ3) is 12.2. The Labute approximate surface area is 191 Å². The van der Waals surface area contributed by atoms with E-state index < -0.39 is 38.5 Å². The molecule has 1 atom stereocenters. The van der Waals surface area contributed by atoms with Crippen molar-refractivity contribution in [2.45, 2.75) is 96.1 Å². The molecule has 0 radical (unpaired) electrons. The molecular formula is C19H35NaO7S. The van der Waals surface area contributed by atoms with E-state index in [1.54, 1.807) is 0 Å². The van der Waals surface area contributed by atoms with E-state index >= 15 is 0 Å². The molecule has 7 nitrogen and oxygen atoms in total. The summed E-state index contributed by atoms with van der Waals surface area (Å²) in [6, 6.07) is 0. The molecular weight excluding hydrogens is 395 g/mol. The van der Waals surface area contributed by atoms with Crippen LogP contribution in [0.1, 0.15) is 90.9 Å². The molecule has 0 saturated carbocycles. The predicted molar refractivity (Wildman–Crippen MR) is 112 cm³/mol. The second-order valence-electron chi connectivity index (χ2n) is 6.85. The molecule has 0 aromatic rings. The van der Waals surface area contributed by atoms with Crippen LogP contribution >= 0.6 is 0 Å². The van der Waals surface area contributed by atoms with Gasteiger partial charge in [-0.3, -0.25) is 4.55 Å². The standard InChI is InChI=1S/C19H34O7S.Na.H/c1-3-5-6-7-8-9-10-11-12-13-14-15(18(20)21)17(19(22)23)16(4-2)27(24,25)26;;/h16H,3-14H2,1-2H3,(H,20,21)(H,22,23)(H,24,25,26);;. The summed E-state index contributed by atoms with van der Waals surface area (Å²) in [6.07, 6.45) is 10.2. The summed E-state index contributed by atoms with van der Waals surface area (Å²) in [7, 11) is -4.69. The molecule has 28 heavy (non-hydrogen) atoms. The van der Waals surface area contributed by atoms with Crippen molar-refractivity contribution < 1.29 is 32.8 Å². The fraction of sp³-hybridized carbons (Fsp3) is 0.789. The van der Waals surface area contributed by atoms with E-state index in [0.29, 0.717) is 6.42 Å². The summed E-state index contributed by atoms with van der Waals surface area (Å²) in [5.74, 6) is -3.07. The average Bonchev–Trinajstić information content (AvgIpc) is 2.56. The van der Waals surface area contributed by atoms with E-state index in [0.717, 1.165) is 25.7 Å². The Morgan fingerprint density at radius 1 is 0.786 bits per heavy atom. The Bertz CT molecular complexity index is 599. The van der Waals surface area contributed by atoms with E-state index in [4.69, 9.17) is 0 Å². The van der Waals surface area contributed by atoms with Crippen molar-refractivity contribution in [1.82, 2.24) is 0 Å². The first-order valence-corrected chi connectivity index (χ1v) is 11.3. The normalized spacial score (nSPS) is 13.4. The van der Waals surface area contributed by atoms with Crippen LogP contribution in [-0.4, -0.2) is 69.9 Å². The van der Waals surface area contributed by atoms with Crippen LogP contribution < -0.4 is 0 Å². The van der Waals surface area contributed by atoms with Gasteiger partial charge in [-0.25, -0.2) is 9.59 Å². The topological polar surface area (TPSA) is 129 Å². The van der Waals surface area contributed by atoms with Gasteiger partial charge in [0.1, 0.15) is 5.25 Å². The molecule has 0 fully saturated rings. The molecule has 0 aliphatic carbocycles. The van der Waals surface area contributed by atoms with Gasteiger partial charge in [-0.2, -0.15) is 8.42 Å². The van der Waals surface area contributed by atoms with Crippen molar-refractivity contribution in [1.29, 1.82) is 0 Å². The number of carboxylic acid groups (broad SMARTS) is 2. The van der Waals surface area contributed by atoms with Gasteiger partial charge >= 0.3 is 41.5 Å². The number of hydrogen-bond acceptors (Lipinski definition) is 4. The summed E-state index contributed by atoms with van der Waals surface area (Å²) in [5.41, 5.74) is -1.17. The van der Waals surface area contributed by atoms with Gasteiger partial charge in [0.15, 0.2) is 0 Å². The van der Waals surface area contributed by atoms with Gasteiger partial charge in [0.2, 0.25) is 0 Å². The molecule has 3 N–H and O–H groups in total. The number of hydrogen-bond donors (Lipinski definition) is 3. The van der Waals surface area contributed by atoms with E-state index in [-0.39, 0.29) is 42.4 Å². The van der Waals surface area contributed by atoms with Crippen LogP contribution in [0.2, 0.25) is 0 Å². The second-order valence-corrected chi connectivity index (χ2v) is 8.45.